The fourth-order valence-electron chi connectivity index (χ4n) is 6.08. The minimum Gasteiger partial charge on any atom is -0.306 e. The standard InChI is InChI=1S/C31H25.C4H8Si.Sc/c1-20-17-30-25(22-9-4-3-5-10-22)13-8-14-26(30)28(20)19-29-21(2)18-31-24-12-7-6-11-23(24)15-16-27(29)31;1-2-4-5-3-1;/h3-19,28-29H,1-2H3;1-4H2;/q-1;;. The van der Waals surface area contributed by atoms with E-state index >= 15 is 0 Å². The van der Waals surface area contributed by atoms with Gasteiger partial charge >= 0.3 is 0 Å². The number of benzene rings is 4. The van der Waals surface area contributed by atoms with Crippen LogP contribution >= 0.6 is 0 Å². The van der Waals surface area contributed by atoms with Gasteiger partial charge in [0.2, 0.25) is 0 Å². The Balaban J connectivity index is 0.000000421. The molecule has 2 aliphatic carbocycles. The first-order chi connectivity index (χ1) is 17.7. The van der Waals surface area contributed by atoms with Gasteiger partial charge in [0.1, 0.15) is 0 Å². The average Bonchev–Trinajstić information content (AvgIpc) is 3.66. The Morgan fingerprint density at radius 2 is 1.30 bits per heavy atom. The summed E-state index contributed by atoms with van der Waals surface area (Å²) in [6.45, 7) is 4.57. The van der Waals surface area contributed by atoms with Gasteiger partial charge < -0.3 is 6.42 Å². The predicted octanol–water partition coefficient (Wildman–Crippen LogP) is 9.73. The summed E-state index contributed by atoms with van der Waals surface area (Å²) in [6.07, 6.45) is 10.4. The van der Waals surface area contributed by atoms with E-state index in [2.05, 4.69) is 117 Å². The molecular weight excluding hydrogens is 493 g/mol. The summed E-state index contributed by atoms with van der Waals surface area (Å²) in [5.41, 5.74) is 11.1. The van der Waals surface area contributed by atoms with Gasteiger partial charge in [-0.15, -0.1) is 11.8 Å². The Kier molecular flexibility index (Phi) is 8.27. The minimum atomic E-state index is 0. The molecule has 0 spiro atoms. The molecule has 1 aliphatic heterocycles. The van der Waals surface area contributed by atoms with Crippen LogP contribution in [0.25, 0.3) is 34.1 Å². The smallest absolute Gasteiger partial charge is 0.0377 e. The first-order valence-corrected chi connectivity index (χ1v) is 14.7. The molecule has 0 nitrogen and oxygen atoms in total. The molecule has 0 amide bonds. The SMILES string of the molecule is C1CC[Si]C1.CC1=Cc2c(-c3ccccc3)cccc2C1[CH-]C1C(C)=Cc2c1ccc1ccccc21.[Sc]. The van der Waals surface area contributed by atoms with Crippen LogP contribution in [0.5, 0.6) is 0 Å². The zero-order valence-corrected chi connectivity index (χ0v) is 24.7. The van der Waals surface area contributed by atoms with Gasteiger partial charge in [0.05, 0.1) is 0 Å². The van der Waals surface area contributed by atoms with Crippen molar-refractivity contribution in [1.29, 1.82) is 0 Å². The summed E-state index contributed by atoms with van der Waals surface area (Å²) < 4.78 is 0. The van der Waals surface area contributed by atoms with E-state index in [-0.39, 0.29) is 25.8 Å². The topological polar surface area (TPSA) is 0 Å². The van der Waals surface area contributed by atoms with Crippen molar-refractivity contribution >= 4 is 32.4 Å². The van der Waals surface area contributed by atoms with Crippen LogP contribution in [0.3, 0.4) is 0 Å². The zero-order valence-electron chi connectivity index (χ0n) is 21.9. The van der Waals surface area contributed by atoms with Crippen LogP contribution in [0, 0.1) is 6.42 Å². The second-order valence-corrected chi connectivity index (χ2v) is 11.8. The van der Waals surface area contributed by atoms with Gasteiger partial charge in [0.25, 0.3) is 0 Å². The summed E-state index contributed by atoms with van der Waals surface area (Å²) in [6, 6.07) is 33.9. The van der Waals surface area contributed by atoms with Crippen molar-refractivity contribution in [2.75, 3.05) is 0 Å². The van der Waals surface area contributed by atoms with E-state index in [9.17, 15) is 0 Å². The van der Waals surface area contributed by atoms with Crippen LogP contribution in [0.15, 0.2) is 96.1 Å². The van der Waals surface area contributed by atoms with Gasteiger partial charge in [0, 0.05) is 35.4 Å². The summed E-state index contributed by atoms with van der Waals surface area (Å²) in [5, 5.41) is 2.68. The van der Waals surface area contributed by atoms with Crippen LogP contribution in [0.4, 0.5) is 0 Å². The van der Waals surface area contributed by atoms with Crippen molar-refractivity contribution in [3.05, 3.63) is 125 Å². The molecule has 181 valence electrons. The van der Waals surface area contributed by atoms with E-state index in [1.54, 1.807) is 0 Å². The van der Waals surface area contributed by atoms with Crippen LogP contribution in [-0.4, -0.2) is 9.52 Å². The Morgan fingerprint density at radius 1 is 0.649 bits per heavy atom. The van der Waals surface area contributed by atoms with Gasteiger partial charge in [-0.05, 0) is 46.9 Å². The fraction of sp³-hybridized carbons (Fsp3) is 0.229. The third-order valence-electron chi connectivity index (χ3n) is 7.97. The minimum absolute atomic E-state index is 0. The molecule has 0 aromatic heterocycles. The fourth-order valence-corrected chi connectivity index (χ4v) is 7.33. The molecular formula is C35H33ScSi-. The summed E-state index contributed by atoms with van der Waals surface area (Å²) >= 11 is 0. The molecule has 2 atom stereocenters. The molecule has 2 unspecified atom stereocenters. The third-order valence-corrected chi connectivity index (χ3v) is 9.38. The molecule has 3 aliphatic rings. The molecule has 1 heterocycles. The molecule has 4 aromatic rings. The van der Waals surface area contributed by atoms with E-state index in [1.807, 2.05) is 0 Å². The van der Waals surface area contributed by atoms with Gasteiger partial charge in [-0.1, -0.05) is 144 Å². The molecule has 4 aromatic carbocycles. The zero-order chi connectivity index (χ0) is 24.5. The Morgan fingerprint density at radius 3 is 2.00 bits per heavy atom. The predicted molar refractivity (Wildman–Crippen MR) is 158 cm³/mol. The monoisotopic (exact) mass is 526 g/mol. The maximum atomic E-state index is 2.57. The maximum Gasteiger partial charge on any atom is 0.0377 e. The maximum absolute atomic E-state index is 2.57. The molecule has 0 saturated carbocycles. The molecule has 7 rings (SSSR count). The summed E-state index contributed by atoms with van der Waals surface area (Å²) in [7, 11) is 1.31. The van der Waals surface area contributed by atoms with Crippen molar-refractivity contribution in [3.8, 4) is 11.1 Å². The van der Waals surface area contributed by atoms with Crippen molar-refractivity contribution in [3.63, 3.8) is 0 Å². The Hall–Kier alpha value is -2.29. The number of hydrogen-bond acceptors (Lipinski definition) is 0. The van der Waals surface area contributed by atoms with Crippen LogP contribution in [0.2, 0.25) is 12.1 Å². The van der Waals surface area contributed by atoms with Crippen LogP contribution in [0.1, 0.15) is 60.8 Å². The van der Waals surface area contributed by atoms with Crippen LogP contribution < -0.4 is 0 Å². The van der Waals surface area contributed by atoms with Gasteiger partial charge in [-0.2, -0.15) is 0 Å². The van der Waals surface area contributed by atoms with E-state index < -0.39 is 0 Å². The molecule has 37 heavy (non-hydrogen) atoms. The van der Waals surface area contributed by atoms with Crippen LogP contribution in [-0.2, 0) is 25.8 Å². The Bertz CT molecular complexity index is 1450. The first kappa shape index (κ1) is 26.3. The van der Waals surface area contributed by atoms with E-state index in [4.69, 9.17) is 0 Å². The number of fused-ring (bicyclic) bond motifs is 4. The molecule has 0 bridgehead atoms. The summed E-state index contributed by atoms with van der Waals surface area (Å²) in [5.74, 6) is 0.712. The third kappa shape index (κ3) is 5.20. The second-order valence-electron chi connectivity index (χ2n) is 10.3. The number of hydrogen-bond donors (Lipinski definition) is 0. The van der Waals surface area contributed by atoms with Gasteiger partial charge in [0.15, 0.2) is 0 Å². The van der Waals surface area contributed by atoms with E-state index in [0.717, 1.165) is 0 Å². The van der Waals surface area contributed by atoms with Gasteiger partial charge in [-0.25, -0.2) is 0 Å². The van der Waals surface area contributed by atoms with Gasteiger partial charge in [-0.3, -0.25) is 0 Å². The largest absolute Gasteiger partial charge is 0.306 e. The van der Waals surface area contributed by atoms with Crippen molar-refractivity contribution in [1.82, 2.24) is 0 Å². The van der Waals surface area contributed by atoms with Crippen molar-refractivity contribution in [2.45, 2.75) is 50.6 Å². The van der Waals surface area contributed by atoms with Crippen molar-refractivity contribution < 1.29 is 25.8 Å². The second kappa shape index (κ2) is 11.6. The number of allylic oxidation sites excluding steroid dienone is 2. The number of rotatable bonds is 3. The van der Waals surface area contributed by atoms with Crippen molar-refractivity contribution in [2.24, 2.45) is 0 Å². The summed E-state index contributed by atoms with van der Waals surface area (Å²) in [4.78, 5) is 0. The molecule has 1 fully saturated rings. The molecule has 3 radical (unpaired) electrons. The average molecular weight is 527 g/mol. The first-order valence-electron chi connectivity index (χ1n) is 13.3. The quantitative estimate of drug-likeness (QED) is 0.184. The van der Waals surface area contributed by atoms with E-state index in [0.29, 0.717) is 11.8 Å². The molecule has 2 heteroatoms. The van der Waals surface area contributed by atoms with E-state index in [1.165, 1.54) is 89.7 Å². The Labute approximate surface area is 243 Å². The normalized spacial score (nSPS) is 19.3. The molecule has 1 saturated heterocycles. The molecule has 0 N–H and O–H groups in total.